The van der Waals surface area contributed by atoms with Crippen molar-refractivity contribution in [2.75, 3.05) is 13.2 Å². The van der Waals surface area contributed by atoms with Gasteiger partial charge in [-0.05, 0) is 33.7 Å². The van der Waals surface area contributed by atoms with Crippen LogP contribution in [-0.4, -0.2) is 29.8 Å². The molecule has 17 heavy (non-hydrogen) atoms. The molecule has 0 aromatic carbocycles. The second-order valence-electron chi connectivity index (χ2n) is 4.72. The van der Waals surface area contributed by atoms with Gasteiger partial charge in [-0.3, -0.25) is 4.98 Å². The van der Waals surface area contributed by atoms with E-state index >= 15 is 0 Å². The van der Waals surface area contributed by atoms with Gasteiger partial charge in [-0.2, -0.15) is 0 Å². The van der Waals surface area contributed by atoms with Gasteiger partial charge in [0.15, 0.2) is 0 Å². The molecule has 1 N–H and O–H groups in total. The second-order valence-corrected chi connectivity index (χ2v) is 5.69. The first-order chi connectivity index (χ1) is 8.10. The molecular formula is C13H24N2OS. The van der Waals surface area contributed by atoms with Crippen LogP contribution in [0, 0.1) is 0 Å². The first-order valence-corrected chi connectivity index (χ1v) is 7.22. The first kappa shape index (κ1) is 14.6. The molecule has 0 aliphatic carbocycles. The maximum atomic E-state index is 5.86. The highest BCUT2D eigenvalue weighted by molar-refractivity contribution is 7.09. The van der Waals surface area contributed by atoms with Crippen LogP contribution in [0.5, 0.6) is 0 Å². The molecule has 0 saturated heterocycles. The molecule has 98 valence electrons. The zero-order chi connectivity index (χ0) is 12.7. The summed E-state index contributed by atoms with van der Waals surface area (Å²) in [5.74, 6) is 0. The van der Waals surface area contributed by atoms with Crippen LogP contribution in [-0.2, 0) is 11.2 Å². The van der Waals surface area contributed by atoms with Gasteiger partial charge in [0.25, 0.3) is 0 Å². The number of nitrogens with one attached hydrogen (secondary N) is 1. The van der Waals surface area contributed by atoms with Crippen molar-refractivity contribution in [3.63, 3.8) is 0 Å². The lowest BCUT2D eigenvalue weighted by Gasteiger charge is -2.34. The van der Waals surface area contributed by atoms with Gasteiger partial charge < -0.3 is 10.1 Å². The molecule has 0 radical (unpaired) electrons. The lowest BCUT2D eigenvalue weighted by molar-refractivity contribution is -0.0378. The maximum absolute atomic E-state index is 5.86. The Balaban J connectivity index is 2.65. The summed E-state index contributed by atoms with van der Waals surface area (Å²) in [6.07, 6.45) is 4.08. The van der Waals surface area contributed by atoms with Crippen molar-refractivity contribution >= 4 is 11.3 Å². The molecule has 1 aromatic rings. The molecule has 0 saturated carbocycles. The summed E-state index contributed by atoms with van der Waals surface area (Å²) < 4.78 is 5.86. The molecule has 1 rings (SSSR count). The number of ether oxygens (including phenoxy) is 1. The van der Waals surface area contributed by atoms with Crippen LogP contribution in [0.2, 0.25) is 0 Å². The molecule has 0 fully saturated rings. The van der Waals surface area contributed by atoms with Crippen molar-refractivity contribution in [3.8, 4) is 0 Å². The molecule has 0 aliphatic rings. The van der Waals surface area contributed by atoms with Crippen molar-refractivity contribution in [2.24, 2.45) is 0 Å². The molecule has 1 atom stereocenters. The Kier molecular flexibility index (Phi) is 6.09. The fraction of sp³-hybridized carbons (Fsp3) is 0.769. The number of rotatable bonds is 8. The Hall–Kier alpha value is -0.450. The van der Waals surface area contributed by atoms with Crippen LogP contribution in [0.1, 0.15) is 39.0 Å². The molecule has 0 bridgehead atoms. The smallest absolute Gasteiger partial charge is 0.0794 e. The minimum Gasteiger partial charge on any atom is -0.374 e. The molecule has 0 amide bonds. The van der Waals surface area contributed by atoms with Gasteiger partial charge in [0, 0.05) is 30.1 Å². The van der Waals surface area contributed by atoms with E-state index in [1.807, 2.05) is 18.6 Å². The molecule has 1 heterocycles. The van der Waals surface area contributed by atoms with Crippen LogP contribution in [0.3, 0.4) is 0 Å². The van der Waals surface area contributed by atoms with Crippen LogP contribution < -0.4 is 5.32 Å². The zero-order valence-electron chi connectivity index (χ0n) is 11.3. The van der Waals surface area contributed by atoms with E-state index in [0.717, 1.165) is 26.0 Å². The molecule has 4 heteroatoms. The van der Waals surface area contributed by atoms with E-state index in [9.17, 15) is 0 Å². The molecule has 3 nitrogen and oxygen atoms in total. The monoisotopic (exact) mass is 256 g/mol. The van der Waals surface area contributed by atoms with E-state index in [0.29, 0.717) is 6.04 Å². The minimum absolute atomic E-state index is 0.145. The third-order valence-corrected chi connectivity index (χ3v) is 3.69. The van der Waals surface area contributed by atoms with Crippen molar-refractivity contribution < 1.29 is 4.74 Å². The first-order valence-electron chi connectivity index (χ1n) is 6.34. The minimum atomic E-state index is -0.145. The summed E-state index contributed by atoms with van der Waals surface area (Å²) in [6, 6.07) is 0.336. The van der Waals surface area contributed by atoms with Gasteiger partial charge >= 0.3 is 0 Å². The number of hydrogen-bond acceptors (Lipinski definition) is 4. The fourth-order valence-corrected chi connectivity index (χ4v) is 2.54. The van der Waals surface area contributed by atoms with E-state index in [2.05, 4.69) is 31.1 Å². The van der Waals surface area contributed by atoms with E-state index in [4.69, 9.17) is 4.74 Å². The SMILES string of the molecule is CCCNC(Cc1cncs1)C(C)(C)OCC. The summed E-state index contributed by atoms with van der Waals surface area (Å²) in [7, 11) is 0. The van der Waals surface area contributed by atoms with E-state index in [1.54, 1.807) is 11.3 Å². The van der Waals surface area contributed by atoms with Crippen molar-refractivity contribution in [3.05, 3.63) is 16.6 Å². The number of hydrogen-bond donors (Lipinski definition) is 1. The third-order valence-electron chi connectivity index (χ3n) is 2.89. The Morgan fingerprint density at radius 1 is 1.47 bits per heavy atom. The highest BCUT2D eigenvalue weighted by atomic mass is 32.1. The molecule has 0 spiro atoms. The average Bonchev–Trinajstić information content (AvgIpc) is 2.76. The van der Waals surface area contributed by atoms with Gasteiger partial charge in [0.1, 0.15) is 0 Å². The summed E-state index contributed by atoms with van der Waals surface area (Å²) in [4.78, 5) is 5.44. The van der Waals surface area contributed by atoms with Gasteiger partial charge in [-0.25, -0.2) is 0 Å². The van der Waals surface area contributed by atoms with Crippen LogP contribution >= 0.6 is 11.3 Å². The number of thiazole rings is 1. The quantitative estimate of drug-likeness (QED) is 0.776. The second kappa shape index (κ2) is 7.09. The fourth-order valence-electron chi connectivity index (χ4n) is 1.90. The number of nitrogens with zero attached hydrogens (tertiary/aromatic N) is 1. The Morgan fingerprint density at radius 2 is 2.24 bits per heavy atom. The van der Waals surface area contributed by atoms with Crippen molar-refractivity contribution in [1.82, 2.24) is 10.3 Å². The summed E-state index contributed by atoms with van der Waals surface area (Å²) in [6.45, 7) is 10.3. The van der Waals surface area contributed by atoms with E-state index in [-0.39, 0.29) is 5.60 Å². The van der Waals surface area contributed by atoms with Gasteiger partial charge in [-0.1, -0.05) is 6.92 Å². The van der Waals surface area contributed by atoms with Gasteiger partial charge in [-0.15, -0.1) is 11.3 Å². The third kappa shape index (κ3) is 4.74. The topological polar surface area (TPSA) is 34.2 Å². The largest absolute Gasteiger partial charge is 0.374 e. The molecular weight excluding hydrogens is 232 g/mol. The maximum Gasteiger partial charge on any atom is 0.0794 e. The highest BCUT2D eigenvalue weighted by Gasteiger charge is 2.29. The standard InChI is InChI=1S/C13H24N2OS/c1-5-7-15-12(13(3,4)16-6-2)8-11-9-14-10-17-11/h9-10,12,15H,5-8H2,1-4H3. The van der Waals surface area contributed by atoms with Gasteiger partial charge in [0.2, 0.25) is 0 Å². The van der Waals surface area contributed by atoms with E-state index < -0.39 is 0 Å². The van der Waals surface area contributed by atoms with Crippen molar-refractivity contribution in [2.45, 2.75) is 52.2 Å². The lowest BCUT2D eigenvalue weighted by Crippen LogP contribution is -2.50. The summed E-state index contributed by atoms with van der Waals surface area (Å²) in [5, 5.41) is 3.59. The van der Waals surface area contributed by atoms with E-state index in [1.165, 1.54) is 4.88 Å². The number of aromatic nitrogens is 1. The molecule has 0 aliphatic heterocycles. The normalized spacial score (nSPS) is 13.9. The zero-order valence-corrected chi connectivity index (χ0v) is 12.1. The lowest BCUT2D eigenvalue weighted by atomic mass is 9.94. The van der Waals surface area contributed by atoms with Gasteiger partial charge in [0.05, 0.1) is 11.1 Å². The predicted octanol–water partition coefficient (Wildman–Crippen LogP) is 2.87. The highest BCUT2D eigenvalue weighted by Crippen LogP contribution is 2.20. The Labute approximate surface area is 109 Å². The van der Waals surface area contributed by atoms with Crippen LogP contribution in [0.15, 0.2) is 11.7 Å². The Bertz CT molecular complexity index is 298. The summed E-state index contributed by atoms with van der Waals surface area (Å²) >= 11 is 1.71. The Morgan fingerprint density at radius 3 is 2.76 bits per heavy atom. The average molecular weight is 256 g/mol. The van der Waals surface area contributed by atoms with Crippen LogP contribution in [0.4, 0.5) is 0 Å². The molecule has 1 unspecified atom stereocenters. The molecule has 1 aromatic heterocycles. The van der Waals surface area contributed by atoms with Crippen LogP contribution in [0.25, 0.3) is 0 Å². The van der Waals surface area contributed by atoms with Crippen molar-refractivity contribution in [1.29, 1.82) is 0 Å². The predicted molar refractivity (Wildman–Crippen MR) is 73.6 cm³/mol. The summed E-state index contributed by atoms with van der Waals surface area (Å²) in [5.41, 5.74) is 1.74.